The number of nitrogens with zero attached hydrogens (tertiary/aromatic N) is 1. The third kappa shape index (κ3) is 1.65. The molecule has 0 aromatic heterocycles. The molecule has 3 heterocycles. The summed E-state index contributed by atoms with van der Waals surface area (Å²) in [6.45, 7) is 3.89. The number of rotatable bonds is 2. The first-order valence-corrected chi connectivity index (χ1v) is 9.54. The number of methoxy groups -OCH3 is 1. The van der Waals surface area contributed by atoms with E-state index in [0.29, 0.717) is 24.2 Å². The Balaban J connectivity index is 1.84. The van der Waals surface area contributed by atoms with Crippen LogP contribution in [0.3, 0.4) is 0 Å². The third-order valence-electron chi connectivity index (χ3n) is 7.30. The Labute approximate surface area is 153 Å². The second-order valence-electron chi connectivity index (χ2n) is 8.04. The maximum atomic E-state index is 13.2. The summed E-state index contributed by atoms with van der Waals surface area (Å²) in [5.41, 5.74) is 3.15. The Morgan fingerprint density at radius 2 is 2.15 bits per heavy atom. The molecule has 2 saturated heterocycles. The molecule has 136 valence electrons. The second-order valence-corrected chi connectivity index (χ2v) is 8.04. The first-order valence-electron chi connectivity index (χ1n) is 9.54. The normalized spacial score (nSPS) is 34.8. The van der Waals surface area contributed by atoms with E-state index in [1.54, 1.807) is 0 Å². The molecule has 0 radical (unpaired) electrons. The van der Waals surface area contributed by atoms with E-state index in [1.165, 1.54) is 12.7 Å². The lowest BCUT2D eigenvalue weighted by molar-refractivity contribution is -0.142. The van der Waals surface area contributed by atoms with Crippen LogP contribution in [0.4, 0.5) is 5.69 Å². The van der Waals surface area contributed by atoms with Gasteiger partial charge < -0.3 is 10.1 Å². The van der Waals surface area contributed by atoms with Gasteiger partial charge in [0.25, 0.3) is 0 Å². The van der Waals surface area contributed by atoms with Gasteiger partial charge in [0.05, 0.1) is 18.1 Å². The number of Topliss-reactive ketones (excluding diaryl/α,β-unsaturated/α-hetero) is 1. The predicted octanol–water partition coefficient (Wildman–Crippen LogP) is 2.62. The lowest BCUT2D eigenvalue weighted by Gasteiger charge is -2.54. The number of carbonyl (C=O) groups excluding carboxylic acids is 2. The molecule has 1 spiro atoms. The number of ketones is 1. The van der Waals surface area contributed by atoms with Gasteiger partial charge in [-0.25, -0.2) is 4.79 Å². The van der Waals surface area contributed by atoms with Crippen LogP contribution < -0.4 is 5.32 Å². The molecular formula is C21H24N2O3. The smallest absolute Gasteiger partial charge is 0.335 e. The molecule has 5 nitrogen and oxygen atoms in total. The van der Waals surface area contributed by atoms with Crippen molar-refractivity contribution in [2.45, 2.75) is 44.1 Å². The van der Waals surface area contributed by atoms with Crippen molar-refractivity contribution in [2.24, 2.45) is 5.41 Å². The lowest BCUT2D eigenvalue weighted by Crippen LogP contribution is -2.63. The van der Waals surface area contributed by atoms with Crippen molar-refractivity contribution in [1.82, 2.24) is 4.90 Å². The highest BCUT2D eigenvalue weighted by Gasteiger charge is 2.68. The summed E-state index contributed by atoms with van der Waals surface area (Å²) in [6.07, 6.45) is 2.75. The fourth-order valence-corrected chi connectivity index (χ4v) is 6.27. The summed E-state index contributed by atoms with van der Waals surface area (Å²) in [5, 5.41) is 3.55. The molecule has 3 aliphatic heterocycles. The van der Waals surface area contributed by atoms with Gasteiger partial charge in [-0.15, -0.1) is 0 Å². The Morgan fingerprint density at radius 3 is 2.92 bits per heavy atom. The van der Waals surface area contributed by atoms with Crippen LogP contribution in [-0.4, -0.2) is 42.9 Å². The van der Waals surface area contributed by atoms with E-state index in [9.17, 15) is 9.59 Å². The van der Waals surface area contributed by atoms with E-state index in [1.807, 2.05) is 6.07 Å². The number of nitrogens with one attached hydrogen (secondary N) is 1. The number of para-hydroxylation sites is 1. The molecule has 3 atom stereocenters. The maximum absolute atomic E-state index is 13.2. The summed E-state index contributed by atoms with van der Waals surface area (Å²) < 4.78 is 5.14. The van der Waals surface area contributed by atoms with Crippen molar-refractivity contribution < 1.29 is 14.3 Å². The van der Waals surface area contributed by atoms with Crippen LogP contribution in [0, 0.1) is 5.41 Å². The topological polar surface area (TPSA) is 58.6 Å². The minimum atomic E-state index is -0.499. The summed E-state index contributed by atoms with van der Waals surface area (Å²) in [7, 11) is 1.43. The highest BCUT2D eigenvalue weighted by atomic mass is 16.5. The zero-order chi connectivity index (χ0) is 18.1. The number of fused-ring (bicyclic) bond motifs is 1. The van der Waals surface area contributed by atoms with Crippen molar-refractivity contribution in [3.8, 4) is 0 Å². The van der Waals surface area contributed by atoms with E-state index in [2.05, 4.69) is 35.3 Å². The minimum absolute atomic E-state index is 0.126. The molecule has 5 heteroatoms. The molecule has 1 aliphatic carbocycles. The number of esters is 1. The van der Waals surface area contributed by atoms with E-state index in [-0.39, 0.29) is 17.4 Å². The fraction of sp³-hybridized carbons (Fsp3) is 0.524. The van der Waals surface area contributed by atoms with Gasteiger partial charge in [-0.1, -0.05) is 25.1 Å². The molecule has 0 bridgehead atoms. The van der Waals surface area contributed by atoms with E-state index in [4.69, 9.17) is 4.74 Å². The molecule has 26 heavy (non-hydrogen) atoms. The average molecular weight is 352 g/mol. The molecule has 1 aromatic carbocycles. The van der Waals surface area contributed by atoms with Gasteiger partial charge in [0.2, 0.25) is 0 Å². The standard InChI is InChI=1S/C21H24N2O3/c1-3-20-12-13(18(25)26-2)17-21(14-6-4-5-7-15(14)22-17)9-11-23(19(20)21)10-8-16(20)24/h4-7,19,22H,3,8-12H2,1-2H3/t19-,20+,21-/m0/s1. The number of piperidine rings is 1. The van der Waals surface area contributed by atoms with Crippen LogP contribution in [0.1, 0.15) is 38.2 Å². The molecule has 0 unspecified atom stereocenters. The van der Waals surface area contributed by atoms with Crippen LogP contribution in [0.5, 0.6) is 0 Å². The minimum Gasteiger partial charge on any atom is -0.466 e. The second kappa shape index (κ2) is 5.19. The Kier molecular flexibility index (Phi) is 3.21. The highest BCUT2D eigenvalue weighted by Crippen LogP contribution is 2.64. The average Bonchev–Trinajstić information content (AvgIpc) is 3.23. The van der Waals surface area contributed by atoms with Gasteiger partial charge in [-0.05, 0) is 37.4 Å². The Bertz CT molecular complexity index is 861. The summed E-state index contributed by atoms with van der Waals surface area (Å²) in [6, 6.07) is 8.44. The summed E-state index contributed by atoms with van der Waals surface area (Å²) >= 11 is 0. The molecule has 1 aromatic rings. The van der Waals surface area contributed by atoms with Gasteiger partial charge in [-0.3, -0.25) is 9.69 Å². The van der Waals surface area contributed by atoms with E-state index < -0.39 is 5.41 Å². The van der Waals surface area contributed by atoms with Crippen molar-refractivity contribution in [1.29, 1.82) is 0 Å². The third-order valence-corrected chi connectivity index (χ3v) is 7.30. The first-order chi connectivity index (χ1) is 12.6. The molecular weight excluding hydrogens is 328 g/mol. The van der Waals surface area contributed by atoms with Crippen molar-refractivity contribution in [3.63, 3.8) is 0 Å². The molecule has 5 rings (SSSR count). The number of carbonyl (C=O) groups is 2. The van der Waals surface area contributed by atoms with Crippen molar-refractivity contribution in [3.05, 3.63) is 41.1 Å². The van der Waals surface area contributed by atoms with Gasteiger partial charge in [0, 0.05) is 35.8 Å². The van der Waals surface area contributed by atoms with Gasteiger partial charge in [0.1, 0.15) is 5.78 Å². The van der Waals surface area contributed by atoms with Crippen LogP contribution >= 0.6 is 0 Å². The lowest BCUT2D eigenvalue weighted by atomic mass is 9.53. The molecule has 2 fully saturated rings. The van der Waals surface area contributed by atoms with Gasteiger partial charge >= 0.3 is 5.97 Å². The number of hydrogen-bond donors (Lipinski definition) is 1. The predicted molar refractivity (Wildman–Crippen MR) is 97.7 cm³/mol. The van der Waals surface area contributed by atoms with Crippen molar-refractivity contribution >= 4 is 17.4 Å². The molecule has 4 aliphatic rings. The van der Waals surface area contributed by atoms with Crippen LogP contribution in [0.15, 0.2) is 35.5 Å². The summed E-state index contributed by atoms with van der Waals surface area (Å²) in [4.78, 5) is 28.5. The quantitative estimate of drug-likeness (QED) is 0.829. The summed E-state index contributed by atoms with van der Waals surface area (Å²) in [5.74, 6) is 0.00939. The first kappa shape index (κ1) is 16.1. The number of benzene rings is 1. The van der Waals surface area contributed by atoms with E-state index >= 15 is 0 Å². The van der Waals surface area contributed by atoms with E-state index in [0.717, 1.165) is 37.3 Å². The molecule has 1 N–H and O–H groups in total. The maximum Gasteiger partial charge on any atom is 0.335 e. The Morgan fingerprint density at radius 1 is 1.35 bits per heavy atom. The zero-order valence-electron chi connectivity index (χ0n) is 15.3. The van der Waals surface area contributed by atoms with Crippen LogP contribution in [0.2, 0.25) is 0 Å². The molecule has 0 saturated carbocycles. The SMILES string of the molecule is CC[C@@]12CC(C(=O)OC)=C3Nc4ccccc4[C@@]34CCN(CCC1=O)[C@@H]24. The fourth-order valence-electron chi connectivity index (χ4n) is 6.27. The van der Waals surface area contributed by atoms with Crippen LogP contribution in [-0.2, 0) is 19.7 Å². The Hall–Kier alpha value is -2.14. The van der Waals surface area contributed by atoms with Crippen LogP contribution in [0.25, 0.3) is 0 Å². The number of ether oxygens (including phenoxy) is 1. The number of anilines is 1. The monoisotopic (exact) mass is 352 g/mol. The van der Waals surface area contributed by atoms with Crippen molar-refractivity contribution in [2.75, 3.05) is 25.5 Å². The highest BCUT2D eigenvalue weighted by molar-refractivity contribution is 5.97. The van der Waals surface area contributed by atoms with Gasteiger partial charge in [0.15, 0.2) is 0 Å². The largest absolute Gasteiger partial charge is 0.466 e. The molecule has 0 amide bonds. The zero-order valence-corrected chi connectivity index (χ0v) is 15.3. The van der Waals surface area contributed by atoms with Gasteiger partial charge in [-0.2, -0.15) is 0 Å². The number of hydrogen-bond acceptors (Lipinski definition) is 5.